The van der Waals surface area contributed by atoms with Crippen molar-refractivity contribution in [3.8, 4) is 0 Å². The van der Waals surface area contributed by atoms with Gasteiger partial charge in [0.15, 0.2) is 0 Å². The standard InChI is InChI=1S/C23H32FN3O2/c1-4-15(2)12-26-13-18-19(14-26)23(25-21(18)28)7-9-27(10-8-23)22(29)17-6-5-16(3)20(24)11-17/h5-6,11,15,18-19H,4,7-10,12-14H2,1-3H3,(H,25,28)/t15-,18-,19+/m1/s1. The maximum atomic E-state index is 13.9. The van der Waals surface area contributed by atoms with Gasteiger partial charge in [0.1, 0.15) is 5.82 Å². The molecule has 1 N–H and O–H groups in total. The van der Waals surface area contributed by atoms with Gasteiger partial charge >= 0.3 is 0 Å². The van der Waals surface area contributed by atoms with Crippen LogP contribution in [0.15, 0.2) is 18.2 Å². The zero-order chi connectivity index (χ0) is 20.8. The molecule has 1 spiro atoms. The van der Waals surface area contributed by atoms with Crippen molar-refractivity contribution < 1.29 is 14.0 Å². The van der Waals surface area contributed by atoms with Crippen LogP contribution in [0, 0.1) is 30.5 Å². The van der Waals surface area contributed by atoms with E-state index in [0.29, 0.717) is 36.1 Å². The molecule has 4 rings (SSSR count). The monoisotopic (exact) mass is 401 g/mol. The molecule has 0 aromatic heterocycles. The van der Waals surface area contributed by atoms with Crippen LogP contribution < -0.4 is 5.32 Å². The molecule has 158 valence electrons. The molecule has 3 atom stereocenters. The SMILES string of the molecule is CC[C@@H](C)CN1C[C@H]2C(=O)NC3(CCN(C(=O)c4ccc(C)c(F)c4)CC3)[C@H]2C1. The predicted octanol–water partition coefficient (Wildman–Crippen LogP) is 2.83. The molecule has 5 nitrogen and oxygen atoms in total. The van der Waals surface area contributed by atoms with E-state index in [4.69, 9.17) is 0 Å². The molecule has 3 heterocycles. The molecule has 0 bridgehead atoms. The third kappa shape index (κ3) is 3.67. The van der Waals surface area contributed by atoms with Crippen LogP contribution in [0.4, 0.5) is 4.39 Å². The van der Waals surface area contributed by atoms with Crippen LogP contribution in [-0.4, -0.2) is 59.9 Å². The highest BCUT2D eigenvalue weighted by Crippen LogP contribution is 2.44. The largest absolute Gasteiger partial charge is 0.350 e. The fourth-order valence-corrected chi connectivity index (χ4v) is 5.37. The molecular weight excluding hydrogens is 369 g/mol. The number of nitrogens with one attached hydrogen (secondary N) is 1. The Kier molecular flexibility index (Phi) is 5.40. The van der Waals surface area contributed by atoms with E-state index in [0.717, 1.165) is 38.9 Å². The van der Waals surface area contributed by atoms with Crippen LogP contribution >= 0.6 is 0 Å². The van der Waals surface area contributed by atoms with Crippen molar-refractivity contribution in [1.29, 1.82) is 0 Å². The summed E-state index contributed by atoms with van der Waals surface area (Å²) in [6, 6.07) is 4.68. The molecule has 2 amide bonds. The first-order valence-corrected chi connectivity index (χ1v) is 10.9. The molecule has 0 radical (unpaired) electrons. The summed E-state index contributed by atoms with van der Waals surface area (Å²) in [6.07, 6.45) is 2.70. The normalized spacial score (nSPS) is 27.2. The summed E-state index contributed by atoms with van der Waals surface area (Å²) in [5.74, 6) is 0.761. The van der Waals surface area contributed by atoms with E-state index >= 15 is 0 Å². The Hall–Kier alpha value is -1.95. The number of fused-ring (bicyclic) bond motifs is 2. The maximum absolute atomic E-state index is 13.9. The van der Waals surface area contributed by atoms with E-state index in [1.54, 1.807) is 24.0 Å². The minimum absolute atomic E-state index is 0.0764. The number of carbonyl (C=O) groups excluding carboxylic acids is 2. The number of benzene rings is 1. The van der Waals surface area contributed by atoms with E-state index < -0.39 is 0 Å². The number of aryl methyl sites for hydroxylation is 1. The number of carbonyl (C=O) groups is 2. The topological polar surface area (TPSA) is 52.7 Å². The average molecular weight is 402 g/mol. The molecule has 0 saturated carbocycles. The van der Waals surface area contributed by atoms with E-state index in [9.17, 15) is 14.0 Å². The molecule has 3 aliphatic heterocycles. The molecule has 3 saturated heterocycles. The van der Waals surface area contributed by atoms with Crippen molar-refractivity contribution in [2.45, 2.75) is 45.6 Å². The first-order chi connectivity index (χ1) is 13.8. The molecule has 1 aromatic rings. The number of piperidine rings is 1. The summed E-state index contributed by atoms with van der Waals surface area (Å²) in [5.41, 5.74) is 0.751. The Labute approximate surface area is 172 Å². The summed E-state index contributed by atoms with van der Waals surface area (Å²) in [4.78, 5) is 29.8. The smallest absolute Gasteiger partial charge is 0.253 e. The van der Waals surface area contributed by atoms with Gasteiger partial charge < -0.3 is 15.1 Å². The van der Waals surface area contributed by atoms with Gasteiger partial charge in [-0.15, -0.1) is 0 Å². The lowest BCUT2D eigenvalue weighted by molar-refractivity contribution is -0.123. The summed E-state index contributed by atoms with van der Waals surface area (Å²) < 4.78 is 13.9. The second-order valence-corrected chi connectivity index (χ2v) is 9.35. The van der Waals surface area contributed by atoms with Crippen LogP contribution in [0.25, 0.3) is 0 Å². The van der Waals surface area contributed by atoms with Gasteiger partial charge in [0.05, 0.1) is 5.92 Å². The summed E-state index contributed by atoms with van der Waals surface area (Å²) in [5, 5.41) is 3.31. The minimum atomic E-state index is -0.345. The third-order valence-corrected chi connectivity index (χ3v) is 7.44. The first kappa shape index (κ1) is 20.3. The third-order valence-electron chi connectivity index (χ3n) is 7.44. The second kappa shape index (κ2) is 7.71. The highest BCUT2D eigenvalue weighted by atomic mass is 19.1. The molecule has 3 fully saturated rings. The van der Waals surface area contributed by atoms with E-state index in [2.05, 4.69) is 24.1 Å². The molecule has 6 heteroatoms. The van der Waals surface area contributed by atoms with Gasteiger partial charge in [0, 0.05) is 49.7 Å². The predicted molar refractivity (Wildman–Crippen MR) is 110 cm³/mol. The van der Waals surface area contributed by atoms with Crippen molar-refractivity contribution in [2.24, 2.45) is 17.8 Å². The number of hydrogen-bond donors (Lipinski definition) is 1. The lowest BCUT2D eigenvalue weighted by atomic mass is 9.75. The quantitative estimate of drug-likeness (QED) is 0.844. The van der Waals surface area contributed by atoms with Crippen molar-refractivity contribution in [1.82, 2.24) is 15.1 Å². The Morgan fingerprint density at radius 2 is 2.03 bits per heavy atom. The number of hydrogen-bond acceptors (Lipinski definition) is 3. The molecule has 29 heavy (non-hydrogen) atoms. The highest BCUT2D eigenvalue weighted by Gasteiger charge is 2.57. The number of rotatable bonds is 4. The van der Waals surface area contributed by atoms with Crippen molar-refractivity contribution in [3.05, 3.63) is 35.1 Å². The summed E-state index contributed by atoms with van der Waals surface area (Å²) in [7, 11) is 0. The molecule has 0 aliphatic carbocycles. The number of likely N-dealkylation sites (tertiary alicyclic amines) is 2. The highest BCUT2D eigenvalue weighted by molar-refractivity contribution is 5.94. The Bertz CT molecular complexity index is 803. The zero-order valence-corrected chi connectivity index (χ0v) is 17.7. The minimum Gasteiger partial charge on any atom is -0.350 e. The van der Waals surface area contributed by atoms with Crippen LogP contribution in [0.1, 0.15) is 49.0 Å². The van der Waals surface area contributed by atoms with E-state index in [-0.39, 0.29) is 29.1 Å². The van der Waals surface area contributed by atoms with Gasteiger partial charge in [0.25, 0.3) is 5.91 Å². The van der Waals surface area contributed by atoms with Crippen molar-refractivity contribution in [3.63, 3.8) is 0 Å². The Morgan fingerprint density at radius 3 is 2.69 bits per heavy atom. The van der Waals surface area contributed by atoms with Gasteiger partial charge in [-0.3, -0.25) is 9.59 Å². The molecule has 0 unspecified atom stereocenters. The Morgan fingerprint density at radius 1 is 1.31 bits per heavy atom. The zero-order valence-electron chi connectivity index (χ0n) is 17.7. The number of nitrogens with zero attached hydrogens (tertiary/aromatic N) is 2. The van der Waals surface area contributed by atoms with E-state index in [1.165, 1.54) is 6.07 Å². The van der Waals surface area contributed by atoms with Crippen LogP contribution in [-0.2, 0) is 4.79 Å². The van der Waals surface area contributed by atoms with Gasteiger partial charge in [-0.2, -0.15) is 0 Å². The second-order valence-electron chi connectivity index (χ2n) is 9.35. The van der Waals surface area contributed by atoms with E-state index in [1.807, 2.05) is 0 Å². The molecule has 3 aliphatic rings. The van der Waals surface area contributed by atoms with Crippen LogP contribution in [0.2, 0.25) is 0 Å². The molecular formula is C23H32FN3O2. The fraction of sp³-hybridized carbons (Fsp3) is 0.652. The number of halogens is 1. The summed E-state index contributed by atoms with van der Waals surface area (Å²) in [6.45, 7) is 10.2. The van der Waals surface area contributed by atoms with Crippen LogP contribution in [0.3, 0.4) is 0 Å². The Balaban J connectivity index is 1.42. The van der Waals surface area contributed by atoms with Gasteiger partial charge in [0.2, 0.25) is 5.91 Å². The van der Waals surface area contributed by atoms with Crippen molar-refractivity contribution >= 4 is 11.8 Å². The number of amides is 2. The molecule has 1 aromatic carbocycles. The lowest BCUT2D eigenvalue weighted by Crippen LogP contribution is -2.56. The first-order valence-electron chi connectivity index (χ1n) is 10.9. The average Bonchev–Trinajstić information content (AvgIpc) is 3.23. The lowest BCUT2D eigenvalue weighted by Gasteiger charge is -2.43. The summed E-state index contributed by atoms with van der Waals surface area (Å²) >= 11 is 0. The van der Waals surface area contributed by atoms with Gasteiger partial charge in [-0.05, 0) is 43.4 Å². The maximum Gasteiger partial charge on any atom is 0.253 e. The fourth-order valence-electron chi connectivity index (χ4n) is 5.37. The van der Waals surface area contributed by atoms with Crippen molar-refractivity contribution in [2.75, 3.05) is 32.7 Å². The van der Waals surface area contributed by atoms with Gasteiger partial charge in [-0.25, -0.2) is 4.39 Å². The van der Waals surface area contributed by atoms with Gasteiger partial charge in [-0.1, -0.05) is 26.3 Å². The van der Waals surface area contributed by atoms with Crippen LogP contribution in [0.5, 0.6) is 0 Å².